The molecule has 1 unspecified atom stereocenters. The van der Waals surface area contributed by atoms with Crippen LogP contribution >= 0.6 is 0 Å². The van der Waals surface area contributed by atoms with Crippen LogP contribution in [0.1, 0.15) is 12.5 Å². The van der Waals surface area contributed by atoms with Crippen molar-refractivity contribution < 1.29 is 5.11 Å². The van der Waals surface area contributed by atoms with Crippen molar-refractivity contribution in [2.75, 3.05) is 6.61 Å². The zero-order valence-corrected chi connectivity index (χ0v) is 9.85. The molecule has 0 radical (unpaired) electrons. The summed E-state index contributed by atoms with van der Waals surface area (Å²) in [7, 11) is 0. The Labute approximate surface area is 101 Å². The average molecular weight is 231 g/mol. The van der Waals surface area contributed by atoms with Gasteiger partial charge in [-0.25, -0.2) is 0 Å². The van der Waals surface area contributed by atoms with Gasteiger partial charge in [0.15, 0.2) is 0 Å². The van der Waals surface area contributed by atoms with Crippen molar-refractivity contribution in [1.82, 2.24) is 15.5 Å². The first-order valence-electron chi connectivity index (χ1n) is 5.73. The summed E-state index contributed by atoms with van der Waals surface area (Å²) in [5.41, 5.74) is 3.26. The molecule has 2 rings (SSSR count). The van der Waals surface area contributed by atoms with E-state index in [1.165, 1.54) is 0 Å². The largest absolute Gasteiger partial charge is 0.395 e. The second-order valence-corrected chi connectivity index (χ2v) is 4.10. The first-order chi connectivity index (χ1) is 8.31. The highest BCUT2D eigenvalue weighted by Crippen LogP contribution is 2.20. The number of benzene rings is 1. The van der Waals surface area contributed by atoms with Crippen LogP contribution in [0.4, 0.5) is 0 Å². The number of nitrogens with zero attached hydrogens (tertiary/aromatic N) is 1. The smallest absolute Gasteiger partial charge is 0.0695 e. The summed E-state index contributed by atoms with van der Waals surface area (Å²) in [6, 6.07) is 10.2. The van der Waals surface area contributed by atoms with Crippen molar-refractivity contribution in [2.24, 2.45) is 0 Å². The number of hydrogen-bond donors (Lipinski definition) is 3. The van der Waals surface area contributed by atoms with Crippen molar-refractivity contribution in [2.45, 2.75) is 19.5 Å². The molecule has 1 aromatic carbocycles. The summed E-state index contributed by atoms with van der Waals surface area (Å²) in [6.07, 6.45) is 1.82. The molecular weight excluding hydrogens is 214 g/mol. The van der Waals surface area contributed by atoms with Crippen molar-refractivity contribution >= 4 is 0 Å². The van der Waals surface area contributed by atoms with Crippen LogP contribution in [0.25, 0.3) is 11.3 Å². The fourth-order valence-electron chi connectivity index (χ4n) is 1.65. The molecule has 0 spiro atoms. The van der Waals surface area contributed by atoms with Crippen LogP contribution < -0.4 is 5.32 Å². The highest BCUT2D eigenvalue weighted by atomic mass is 16.3. The average Bonchev–Trinajstić information content (AvgIpc) is 2.85. The Hall–Kier alpha value is -1.65. The van der Waals surface area contributed by atoms with Crippen LogP contribution in [0, 0.1) is 0 Å². The Morgan fingerprint density at radius 1 is 1.35 bits per heavy atom. The quantitative estimate of drug-likeness (QED) is 0.731. The van der Waals surface area contributed by atoms with E-state index < -0.39 is 0 Å². The molecule has 1 heterocycles. The molecule has 0 aliphatic rings. The lowest BCUT2D eigenvalue weighted by molar-refractivity contribution is 0.251. The third-order valence-corrected chi connectivity index (χ3v) is 2.70. The second-order valence-electron chi connectivity index (χ2n) is 4.10. The van der Waals surface area contributed by atoms with Crippen LogP contribution in [0.15, 0.2) is 36.5 Å². The standard InChI is InChI=1S/C13H17N3O/c1-10(9-17)14-7-12-8-15-16-13(12)11-5-3-2-4-6-11/h2-6,8,10,14,17H,7,9H2,1H3,(H,15,16). The molecule has 4 nitrogen and oxygen atoms in total. The van der Waals surface area contributed by atoms with Crippen LogP contribution in [0.5, 0.6) is 0 Å². The fraction of sp³-hybridized carbons (Fsp3) is 0.308. The molecule has 0 aliphatic heterocycles. The van der Waals surface area contributed by atoms with Crippen molar-refractivity contribution in [3.8, 4) is 11.3 Å². The Kier molecular flexibility index (Phi) is 3.90. The number of aliphatic hydroxyl groups is 1. The molecule has 2 aromatic rings. The molecule has 17 heavy (non-hydrogen) atoms. The normalized spacial score (nSPS) is 12.6. The van der Waals surface area contributed by atoms with Crippen LogP contribution in [-0.2, 0) is 6.54 Å². The van der Waals surface area contributed by atoms with Gasteiger partial charge in [-0.3, -0.25) is 5.10 Å². The van der Waals surface area contributed by atoms with E-state index in [0.29, 0.717) is 6.54 Å². The van der Waals surface area contributed by atoms with Gasteiger partial charge in [0.25, 0.3) is 0 Å². The van der Waals surface area contributed by atoms with Gasteiger partial charge in [0, 0.05) is 18.2 Å². The van der Waals surface area contributed by atoms with Gasteiger partial charge in [0.1, 0.15) is 0 Å². The zero-order chi connectivity index (χ0) is 12.1. The summed E-state index contributed by atoms with van der Waals surface area (Å²) in [5, 5.41) is 19.3. The molecule has 0 fully saturated rings. The summed E-state index contributed by atoms with van der Waals surface area (Å²) < 4.78 is 0. The SMILES string of the molecule is CC(CO)NCc1cn[nH]c1-c1ccccc1. The predicted octanol–water partition coefficient (Wildman–Crippen LogP) is 1.55. The topological polar surface area (TPSA) is 60.9 Å². The van der Waals surface area contributed by atoms with Gasteiger partial charge >= 0.3 is 0 Å². The molecule has 4 heteroatoms. The number of hydrogen-bond acceptors (Lipinski definition) is 3. The van der Waals surface area contributed by atoms with Gasteiger partial charge in [-0.2, -0.15) is 5.10 Å². The van der Waals surface area contributed by atoms with E-state index in [1.54, 1.807) is 0 Å². The summed E-state index contributed by atoms with van der Waals surface area (Å²) in [5.74, 6) is 0. The number of aliphatic hydroxyl groups excluding tert-OH is 1. The molecular formula is C13H17N3O. The molecule has 0 bridgehead atoms. The summed E-state index contributed by atoms with van der Waals surface area (Å²) in [4.78, 5) is 0. The van der Waals surface area contributed by atoms with E-state index >= 15 is 0 Å². The summed E-state index contributed by atoms with van der Waals surface area (Å²) in [6.45, 7) is 2.78. The Morgan fingerprint density at radius 3 is 2.82 bits per heavy atom. The number of rotatable bonds is 5. The Balaban J connectivity index is 2.12. The van der Waals surface area contributed by atoms with Gasteiger partial charge in [0.2, 0.25) is 0 Å². The van der Waals surface area contributed by atoms with E-state index in [4.69, 9.17) is 5.11 Å². The van der Waals surface area contributed by atoms with E-state index in [1.807, 2.05) is 43.5 Å². The van der Waals surface area contributed by atoms with E-state index in [2.05, 4.69) is 15.5 Å². The third-order valence-electron chi connectivity index (χ3n) is 2.70. The van der Waals surface area contributed by atoms with E-state index in [0.717, 1.165) is 16.8 Å². The van der Waals surface area contributed by atoms with Gasteiger partial charge in [-0.05, 0) is 12.5 Å². The van der Waals surface area contributed by atoms with Crippen molar-refractivity contribution in [3.05, 3.63) is 42.1 Å². The van der Waals surface area contributed by atoms with Gasteiger partial charge < -0.3 is 10.4 Å². The Bertz CT molecular complexity index is 453. The maximum atomic E-state index is 8.96. The number of aromatic nitrogens is 2. The lowest BCUT2D eigenvalue weighted by Gasteiger charge is -2.10. The maximum Gasteiger partial charge on any atom is 0.0695 e. The monoisotopic (exact) mass is 231 g/mol. The number of nitrogens with one attached hydrogen (secondary N) is 2. The van der Waals surface area contributed by atoms with Crippen LogP contribution in [0.2, 0.25) is 0 Å². The predicted molar refractivity (Wildman–Crippen MR) is 67.4 cm³/mol. The van der Waals surface area contributed by atoms with Gasteiger partial charge in [-0.1, -0.05) is 30.3 Å². The summed E-state index contributed by atoms with van der Waals surface area (Å²) >= 11 is 0. The highest BCUT2D eigenvalue weighted by Gasteiger charge is 2.08. The molecule has 0 saturated carbocycles. The molecule has 3 N–H and O–H groups in total. The molecule has 0 aliphatic carbocycles. The van der Waals surface area contributed by atoms with Gasteiger partial charge in [0.05, 0.1) is 18.5 Å². The molecule has 1 atom stereocenters. The minimum absolute atomic E-state index is 0.0912. The van der Waals surface area contributed by atoms with E-state index in [9.17, 15) is 0 Å². The lowest BCUT2D eigenvalue weighted by atomic mass is 10.1. The van der Waals surface area contributed by atoms with Crippen molar-refractivity contribution in [3.63, 3.8) is 0 Å². The zero-order valence-electron chi connectivity index (χ0n) is 9.85. The number of H-pyrrole nitrogens is 1. The fourth-order valence-corrected chi connectivity index (χ4v) is 1.65. The molecule has 90 valence electrons. The molecule has 1 aromatic heterocycles. The maximum absolute atomic E-state index is 8.96. The van der Waals surface area contributed by atoms with Gasteiger partial charge in [-0.15, -0.1) is 0 Å². The van der Waals surface area contributed by atoms with Crippen molar-refractivity contribution in [1.29, 1.82) is 0 Å². The first kappa shape index (κ1) is 11.8. The molecule has 0 amide bonds. The van der Waals surface area contributed by atoms with Crippen LogP contribution in [0.3, 0.4) is 0 Å². The van der Waals surface area contributed by atoms with Crippen LogP contribution in [-0.4, -0.2) is 28.0 Å². The minimum Gasteiger partial charge on any atom is -0.395 e. The van der Waals surface area contributed by atoms with E-state index in [-0.39, 0.29) is 12.6 Å². The first-order valence-corrected chi connectivity index (χ1v) is 5.73. The minimum atomic E-state index is 0.0912. The molecule has 0 saturated heterocycles. The Morgan fingerprint density at radius 2 is 2.12 bits per heavy atom. The highest BCUT2D eigenvalue weighted by molar-refractivity contribution is 5.62. The number of aromatic amines is 1. The second kappa shape index (κ2) is 5.61. The third kappa shape index (κ3) is 2.93. The lowest BCUT2D eigenvalue weighted by Crippen LogP contribution is -2.28.